The zero-order valence-electron chi connectivity index (χ0n) is 14.4. The predicted molar refractivity (Wildman–Crippen MR) is 96.4 cm³/mol. The molecule has 2 aromatic carbocycles. The molecule has 0 atom stereocenters. The summed E-state index contributed by atoms with van der Waals surface area (Å²) < 4.78 is 12.6. The van der Waals surface area contributed by atoms with E-state index in [0.29, 0.717) is 25.3 Å². The molecule has 0 bridgehead atoms. The number of ether oxygens (including phenoxy) is 2. The molecule has 0 spiro atoms. The Labute approximate surface area is 146 Å². The molecule has 1 amide bonds. The Morgan fingerprint density at radius 3 is 2.88 bits per heavy atom. The Hall–Kier alpha value is -2.86. The highest BCUT2D eigenvalue weighted by molar-refractivity contribution is 5.97. The van der Waals surface area contributed by atoms with Gasteiger partial charge in [0.2, 0.25) is 0 Å². The lowest BCUT2D eigenvalue weighted by Crippen LogP contribution is -2.26. The van der Waals surface area contributed by atoms with Crippen LogP contribution in [0.3, 0.4) is 0 Å². The number of hydrogen-bond donors (Lipinski definition) is 1. The van der Waals surface area contributed by atoms with Crippen molar-refractivity contribution < 1.29 is 14.3 Å². The predicted octanol–water partition coefficient (Wildman–Crippen LogP) is 2.80. The van der Waals surface area contributed by atoms with E-state index in [1.54, 1.807) is 25.6 Å². The van der Waals surface area contributed by atoms with Crippen molar-refractivity contribution >= 4 is 16.9 Å². The van der Waals surface area contributed by atoms with Crippen molar-refractivity contribution in [3.63, 3.8) is 0 Å². The van der Waals surface area contributed by atoms with Gasteiger partial charge in [0, 0.05) is 19.2 Å². The van der Waals surface area contributed by atoms with Gasteiger partial charge in [0.1, 0.15) is 12.1 Å². The van der Waals surface area contributed by atoms with Crippen LogP contribution in [0.2, 0.25) is 0 Å². The van der Waals surface area contributed by atoms with E-state index in [9.17, 15) is 4.79 Å². The number of fused-ring (bicyclic) bond motifs is 1. The van der Waals surface area contributed by atoms with E-state index in [-0.39, 0.29) is 5.91 Å². The highest BCUT2D eigenvalue weighted by Crippen LogP contribution is 2.26. The Morgan fingerprint density at radius 1 is 1.24 bits per heavy atom. The van der Waals surface area contributed by atoms with Crippen molar-refractivity contribution in [3.8, 4) is 11.4 Å². The zero-order chi connectivity index (χ0) is 17.6. The first-order valence-corrected chi connectivity index (χ1v) is 8.21. The van der Waals surface area contributed by atoms with Gasteiger partial charge in [-0.3, -0.25) is 9.36 Å². The van der Waals surface area contributed by atoms with E-state index in [1.165, 1.54) is 0 Å². The molecule has 3 rings (SSSR count). The third kappa shape index (κ3) is 3.64. The Kier molecular flexibility index (Phi) is 5.30. The minimum Gasteiger partial charge on any atom is -0.492 e. The molecular weight excluding hydrogens is 318 g/mol. The van der Waals surface area contributed by atoms with Gasteiger partial charge in [0.25, 0.3) is 5.91 Å². The molecule has 0 saturated carbocycles. The van der Waals surface area contributed by atoms with E-state index in [0.717, 1.165) is 22.5 Å². The Balaban J connectivity index is 1.92. The summed E-state index contributed by atoms with van der Waals surface area (Å²) in [5.74, 6) is 0.661. The van der Waals surface area contributed by atoms with Crippen LogP contribution in [0, 0.1) is 0 Å². The summed E-state index contributed by atoms with van der Waals surface area (Å²) >= 11 is 0. The lowest BCUT2D eigenvalue weighted by Gasteiger charge is -2.11. The van der Waals surface area contributed by atoms with Crippen LogP contribution in [-0.2, 0) is 4.74 Å². The van der Waals surface area contributed by atoms with Crippen LogP contribution in [-0.4, -0.2) is 42.3 Å². The number of hydrogen-bond acceptors (Lipinski definition) is 4. The van der Waals surface area contributed by atoms with Crippen molar-refractivity contribution in [2.75, 3.05) is 26.9 Å². The molecule has 1 N–H and O–H groups in total. The van der Waals surface area contributed by atoms with Gasteiger partial charge in [0.05, 0.1) is 29.9 Å². The molecule has 6 nitrogen and oxygen atoms in total. The molecule has 0 aliphatic rings. The van der Waals surface area contributed by atoms with Gasteiger partial charge in [-0.1, -0.05) is 12.1 Å². The van der Waals surface area contributed by atoms with Gasteiger partial charge < -0.3 is 14.8 Å². The number of carbonyl (C=O) groups excluding carboxylic acids is 1. The van der Waals surface area contributed by atoms with Gasteiger partial charge in [-0.15, -0.1) is 0 Å². The number of methoxy groups -OCH3 is 1. The maximum absolute atomic E-state index is 12.2. The monoisotopic (exact) mass is 339 g/mol. The second-order valence-electron chi connectivity index (χ2n) is 5.47. The van der Waals surface area contributed by atoms with Crippen LogP contribution in [0.4, 0.5) is 0 Å². The van der Waals surface area contributed by atoms with E-state index in [2.05, 4.69) is 10.3 Å². The second kappa shape index (κ2) is 7.81. The fourth-order valence-corrected chi connectivity index (χ4v) is 2.65. The molecule has 1 heterocycles. The van der Waals surface area contributed by atoms with Crippen LogP contribution in [0.1, 0.15) is 17.3 Å². The van der Waals surface area contributed by atoms with E-state index in [4.69, 9.17) is 9.47 Å². The van der Waals surface area contributed by atoms with Crippen molar-refractivity contribution in [2.24, 2.45) is 0 Å². The summed E-state index contributed by atoms with van der Waals surface area (Å²) in [7, 11) is 1.60. The number of amides is 1. The SMILES string of the molecule is CCOc1ccccc1-n1cnc2cc(C(=O)NCCOC)ccc21. The third-order valence-electron chi connectivity index (χ3n) is 3.83. The first-order valence-electron chi connectivity index (χ1n) is 8.21. The summed E-state index contributed by atoms with van der Waals surface area (Å²) in [5.41, 5.74) is 3.17. The van der Waals surface area contributed by atoms with Gasteiger partial charge >= 0.3 is 0 Å². The van der Waals surface area contributed by atoms with Gasteiger partial charge in [-0.25, -0.2) is 4.98 Å². The zero-order valence-corrected chi connectivity index (χ0v) is 14.4. The molecule has 0 aliphatic heterocycles. The maximum Gasteiger partial charge on any atom is 0.251 e. The molecule has 130 valence electrons. The van der Waals surface area contributed by atoms with E-state index in [1.807, 2.05) is 41.8 Å². The first-order chi connectivity index (χ1) is 12.2. The maximum atomic E-state index is 12.2. The molecule has 1 aromatic heterocycles. The van der Waals surface area contributed by atoms with Crippen LogP contribution >= 0.6 is 0 Å². The summed E-state index contributed by atoms with van der Waals surface area (Å²) in [5, 5.41) is 2.81. The van der Waals surface area contributed by atoms with E-state index >= 15 is 0 Å². The molecule has 3 aromatic rings. The summed E-state index contributed by atoms with van der Waals surface area (Å²) in [4.78, 5) is 16.6. The minimum absolute atomic E-state index is 0.136. The molecule has 25 heavy (non-hydrogen) atoms. The highest BCUT2D eigenvalue weighted by Gasteiger charge is 2.12. The van der Waals surface area contributed by atoms with Crippen molar-refractivity contribution in [1.82, 2.24) is 14.9 Å². The van der Waals surface area contributed by atoms with Crippen LogP contribution < -0.4 is 10.1 Å². The smallest absolute Gasteiger partial charge is 0.251 e. The number of carbonyl (C=O) groups is 1. The van der Waals surface area contributed by atoms with Crippen LogP contribution in [0.15, 0.2) is 48.8 Å². The Morgan fingerprint density at radius 2 is 2.08 bits per heavy atom. The topological polar surface area (TPSA) is 65.4 Å². The largest absolute Gasteiger partial charge is 0.492 e. The molecule has 0 saturated heterocycles. The normalized spacial score (nSPS) is 10.8. The fraction of sp³-hybridized carbons (Fsp3) is 0.263. The molecular formula is C19H21N3O3. The molecule has 0 aliphatic carbocycles. The molecule has 6 heteroatoms. The number of nitrogens with one attached hydrogen (secondary N) is 1. The van der Waals surface area contributed by atoms with E-state index < -0.39 is 0 Å². The first kappa shape index (κ1) is 17.0. The fourth-order valence-electron chi connectivity index (χ4n) is 2.65. The number of para-hydroxylation sites is 2. The Bertz CT molecular complexity index is 873. The average molecular weight is 339 g/mol. The summed E-state index contributed by atoms with van der Waals surface area (Å²) in [6.45, 7) is 3.51. The van der Waals surface area contributed by atoms with Crippen molar-refractivity contribution in [3.05, 3.63) is 54.4 Å². The number of rotatable bonds is 7. The number of imidazole rings is 1. The second-order valence-corrected chi connectivity index (χ2v) is 5.47. The lowest BCUT2D eigenvalue weighted by atomic mass is 10.2. The lowest BCUT2D eigenvalue weighted by molar-refractivity contribution is 0.0937. The van der Waals surface area contributed by atoms with Crippen LogP contribution in [0.5, 0.6) is 5.75 Å². The quantitative estimate of drug-likeness (QED) is 0.672. The minimum atomic E-state index is -0.136. The van der Waals surface area contributed by atoms with Gasteiger partial charge in [-0.05, 0) is 37.3 Å². The van der Waals surface area contributed by atoms with Crippen molar-refractivity contribution in [1.29, 1.82) is 0 Å². The summed E-state index contributed by atoms with van der Waals surface area (Å²) in [6, 6.07) is 13.3. The third-order valence-corrected chi connectivity index (χ3v) is 3.83. The highest BCUT2D eigenvalue weighted by atomic mass is 16.5. The molecule has 0 unspecified atom stereocenters. The van der Waals surface area contributed by atoms with Crippen molar-refractivity contribution in [2.45, 2.75) is 6.92 Å². The summed E-state index contributed by atoms with van der Waals surface area (Å²) in [6.07, 6.45) is 1.75. The standard InChI is InChI=1S/C19H21N3O3/c1-3-25-18-7-5-4-6-17(18)22-13-21-15-12-14(8-9-16(15)22)19(23)20-10-11-24-2/h4-9,12-13H,3,10-11H2,1-2H3,(H,20,23). The van der Waals surface area contributed by atoms with Gasteiger partial charge in [0.15, 0.2) is 0 Å². The number of benzene rings is 2. The molecule has 0 fully saturated rings. The number of aromatic nitrogens is 2. The number of nitrogens with zero attached hydrogens (tertiary/aromatic N) is 2. The van der Waals surface area contributed by atoms with Crippen LogP contribution in [0.25, 0.3) is 16.7 Å². The molecule has 0 radical (unpaired) electrons. The average Bonchev–Trinajstić information content (AvgIpc) is 3.05. The van der Waals surface area contributed by atoms with Gasteiger partial charge in [-0.2, -0.15) is 0 Å².